The van der Waals surface area contributed by atoms with Crippen LogP contribution in [0.2, 0.25) is 0 Å². The van der Waals surface area contributed by atoms with Crippen molar-refractivity contribution in [1.29, 1.82) is 0 Å². The minimum atomic E-state index is 0.240. The van der Waals surface area contributed by atoms with Crippen molar-refractivity contribution in [3.63, 3.8) is 0 Å². The number of hydrogen-bond acceptors (Lipinski definition) is 4. The smallest absolute Gasteiger partial charge is 0.199 e. The number of benzene rings is 2. The summed E-state index contributed by atoms with van der Waals surface area (Å²) in [5, 5.41) is 21.9. The number of phenols is 1. The molecule has 1 aromatic heterocycles. The van der Waals surface area contributed by atoms with Crippen molar-refractivity contribution in [2.24, 2.45) is 0 Å². The number of aromatic hydroxyl groups is 2. The van der Waals surface area contributed by atoms with Crippen molar-refractivity contribution >= 4 is 10.8 Å². The number of rotatable bonds is 13. The Balaban J connectivity index is 1.82. The predicted molar refractivity (Wildman–Crippen MR) is 125 cm³/mol. The van der Waals surface area contributed by atoms with Crippen LogP contribution in [-0.4, -0.2) is 28.0 Å². The quantitative estimate of drug-likeness (QED) is 0.310. The first-order chi connectivity index (χ1) is 15.1. The molecule has 0 bridgehead atoms. The van der Waals surface area contributed by atoms with Crippen molar-refractivity contribution in [3.8, 4) is 23.1 Å². The molecule has 0 aliphatic heterocycles. The lowest BCUT2D eigenvalue weighted by Gasteiger charge is -2.14. The third-order valence-electron chi connectivity index (χ3n) is 5.54. The van der Waals surface area contributed by atoms with Gasteiger partial charge in [0.15, 0.2) is 17.4 Å². The van der Waals surface area contributed by atoms with E-state index < -0.39 is 0 Å². The van der Waals surface area contributed by atoms with Crippen molar-refractivity contribution in [2.45, 2.75) is 65.3 Å². The van der Waals surface area contributed by atoms with E-state index in [1.807, 2.05) is 35.0 Å². The summed E-state index contributed by atoms with van der Waals surface area (Å²) in [6.07, 6.45) is 9.28. The molecule has 0 aliphatic carbocycles. The monoisotopic (exact) mass is 425 g/mol. The Hall–Kier alpha value is -2.82. The number of aromatic nitrogens is 1. The van der Waals surface area contributed by atoms with Gasteiger partial charge in [0.2, 0.25) is 0 Å². The minimum Gasteiger partial charge on any atom is -0.508 e. The van der Waals surface area contributed by atoms with E-state index in [4.69, 9.17) is 9.47 Å². The normalized spacial score (nSPS) is 11.2. The van der Waals surface area contributed by atoms with Gasteiger partial charge in [0, 0.05) is 23.5 Å². The average Bonchev–Trinajstić information content (AvgIpc) is 3.10. The number of nitrogens with zero attached hydrogens (tertiary/aromatic N) is 1. The first-order valence-corrected chi connectivity index (χ1v) is 11.5. The summed E-state index contributed by atoms with van der Waals surface area (Å²) >= 11 is 0. The van der Waals surface area contributed by atoms with Crippen LogP contribution in [0.4, 0.5) is 0 Å². The van der Waals surface area contributed by atoms with E-state index in [-0.39, 0.29) is 11.6 Å². The van der Waals surface area contributed by atoms with Crippen molar-refractivity contribution < 1.29 is 19.7 Å². The minimum absolute atomic E-state index is 0.240. The molecule has 0 unspecified atom stereocenters. The highest BCUT2D eigenvalue weighted by Crippen LogP contribution is 2.40. The first kappa shape index (κ1) is 22.9. The van der Waals surface area contributed by atoms with Gasteiger partial charge in [-0.2, -0.15) is 0 Å². The molecule has 31 heavy (non-hydrogen) atoms. The summed E-state index contributed by atoms with van der Waals surface area (Å²) in [5.74, 6) is 1.97. The molecule has 0 saturated heterocycles. The van der Waals surface area contributed by atoms with Crippen molar-refractivity contribution in [1.82, 2.24) is 4.57 Å². The maximum atomic E-state index is 10.8. The molecule has 0 fully saturated rings. The van der Waals surface area contributed by atoms with E-state index >= 15 is 0 Å². The summed E-state index contributed by atoms with van der Waals surface area (Å²) in [5.41, 5.74) is 1.10. The zero-order chi connectivity index (χ0) is 22.1. The zero-order valence-corrected chi connectivity index (χ0v) is 18.8. The molecule has 0 radical (unpaired) electrons. The van der Waals surface area contributed by atoms with Crippen molar-refractivity contribution in [3.05, 3.63) is 48.2 Å². The van der Waals surface area contributed by atoms with Gasteiger partial charge in [-0.1, -0.05) is 51.7 Å². The zero-order valence-electron chi connectivity index (χ0n) is 18.8. The highest BCUT2D eigenvalue weighted by atomic mass is 16.5. The molecule has 0 spiro atoms. The summed E-state index contributed by atoms with van der Waals surface area (Å²) in [7, 11) is 0. The lowest BCUT2D eigenvalue weighted by molar-refractivity contribution is 0.262. The first-order valence-electron chi connectivity index (χ1n) is 11.5. The predicted octanol–water partition coefficient (Wildman–Crippen LogP) is 6.43. The van der Waals surface area contributed by atoms with Gasteiger partial charge in [0.25, 0.3) is 0 Å². The van der Waals surface area contributed by atoms with Gasteiger partial charge in [0.05, 0.1) is 13.2 Å². The second-order valence-electron chi connectivity index (χ2n) is 8.03. The van der Waals surface area contributed by atoms with E-state index in [1.165, 1.54) is 0 Å². The summed E-state index contributed by atoms with van der Waals surface area (Å²) in [4.78, 5) is 0. The Kier molecular flexibility index (Phi) is 8.51. The standard InChI is InChI=1S/C26H35NO4/c1-3-5-7-17-30-24-14-13-22-23(25(24)31-18-8-6-4-2)19-27(26(22)29)16-15-20-9-11-21(28)12-10-20/h9-14,19,28-29H,3-8,15-18H2,1-2H3. The van der Waals surface area contributed by atoms with Crippen LogP contribution in [0.3, 0.4) is 0 Å². The molecule has 0 aliphatic rings. The van der Waals surface area contributed by atoms with Crippen LogP contribution in [0.1, 0.15) is 57.9 Å². The summed E-state index contributed by atoms with van der Waals surface area (Å²) in [6.45, 7) is 6.29. The highest BCUT2D eigenvalue weighted by Gasteiger charge is 2.17. The maximum absolute atomic E-state index is 10.8. The van der Waals surface area contributed by atoms with Crippen LogP contribution in [0.25, 0.3) is 10.8 Å². The van der Waals surface area contributed by atoms with Gasteiger partial charge in [-0.15, -0.1) is 0 Å². The Labute approximate surface area is 185 Å². The van der Waals surface area contributed by atoms with Crippen LogP contribution in [0, 0.1) is 0 Å². The highest BCUT2D eigenvalue weighted by molar-refractivity contribution is 5.94. The number of phenolic OH excluding ortho intramolecular Hbond substituents is 1. The maximum Gasteiger partial charge on any atom is 0.199 e. The number of unbranched alkanes of at least 4 members (excludes halogenated alkanes) is 4. The second-order valence-corrected chi connectivity index (χ2v) is 8.03. The molecule has 168 valence electrons. The van der Waals surface area contributed by atoms with Crippen LogP contribution in [0.5, 0.6) is 23.1 Å². The lowest BCUT2D eigenvalue weighted by Crippen LogP contribution is -2.03. The molecule has 2 N–H and O–H groups in total. The van der Waals surface area contributed by atoms with Crippen LogP contribution in [-0.2, 0) is 13.0 Å². The van der Waals surface area contributed by atoms with Crippen LogP contribution in [0.15, 0.2) is 42.6 Å². The summed E-state index contributed by atoms with van der Waals surface area (Å²) < 4.78 is 14.1. The molecule has 2 aromatic carbocycles. The Morgan fingerprint density at radius 1 is 0.774 bits per heavy atom. The van der Waals surface area contributed by atoms with E-state index in [2.05, 4.69) is 13.8 Å². The Bertz CT molecular complexity index is 946. The molecule has 5 nitrogen and oxygen atoms in total. The second kappa shape index (κ2) is 11.5. The fourth-order valence-corrected chi connectivity index (χ4v) is 3.68. The largest absolute Gasteiger partial charge is 0.508 e. The number of ether oxygens (including phenoxy) is 2. The molecular weight excluding hydrogens is 390 g/mol. The molecule has 5 heteroatoms. The average molecular weight is 426 g/mol. The molecule has 0 amide bonds. The van der Waals surface area contributed by atoms with E-state index in [0.717, 1.165) is 72.8 Å². The number of hydrogen-bond donors (Lipinski definition) is 2. The SMILES string of the molecule is CCCCCOc1ccc2c(O)n(CCc3ccc(O)cc3)cc2c1OCCCCC. The van der Waals surface area contributed by atoms with E-state index in [0.29, 0.717) is 19.8 Å². The van der Waals surface area contributed by atoms with Crippen LogP contribution < -0.4 is 9.47 Å². The van der Waals surface area contributed by atoms with Gasteiger partial charge in [0.1, 0.15) is 5.75 Å². The lowest BCUT2D eigenvalue weighted by atomic mass is 10.1. The molecule has 0 saturated carbocycles. The topological polar surface area (TPSA) is 63.9 Å². The third kappa shape index (κ3) is 6.09. The molecule has 3 aromatic rings. The van der Waals surface area contributed by atoms with Crippen molar-refractivity contribution in [2.75, 3.05) is 13.2 Å². The van der Waals surface area contributed by atoms with Gasteiger partial charge in [-0.25, -0.2) is 0 Å². The Morgan fingerprint density at radius 3 is 2.13 bits per heavy atom. The third-order valence-corrected chi connectivity index (χ3v) is 5.54. The fraction of sp³-hybridized carbons (Fsp3) is 0.462. The van der Waals surface area contributed by atoms with Gasteiger partial charge in [-0.3, -0.25) is 0 Å². The molecule has 1 heterocycles. The Morgan fingerprint density at radius 2 is 1.45 bits per heavy atom. The number of fused-ring (bicyclic) bond motifs is 1. The number of aryl methyl sites for hydroxylation is 2. The van der Waals surface area contributed by atoms with E-state index in [9.17, 15) is 10.2 Å². The summed E-state index contributed by atoms with van der Waals surface area (Å²) in [6, 6.07) is 11.0. The molecule has 0 atom stereocenters. The van der Waals surface area contributed by atoms with Crippen LogP contribution >= 0.6 is 0 Å². The molecular formula is C26H35NO4. The van der Waals surface area contributed by atoms with Gasteiger partial charge >= 0.3 is 0 Å². The van der Waals surface area contributed by atoms with E-state index in [1.54, 1.807) is 12.1 Å². The fourth-order valence-electron chi connectivity index (χ4n) is 3.68. The van der Waals surface area contributed by atoms with Gasteiger partial charge < -0.3 is 24.3 Å². The molecule has 3 rings (SSSR count). The van der Waals surface area contributed by atoms with Gasteiger partial charge in [-0.05, 0) is 49.1 Å².